The fourth-order valence-corrected chi connectivity index (χ4v) is 4.67. The molecule has 3 rings (SSSR count). The first-order chi connectivity index (χ1) is 14.6. The van der Waals surface area contributed by atoms with Crippen LogP contribution in [-0.2, 0) is 14.3 Å². The molecule has 0 radical (unpaired) electrons. The zero-order valence-corrected chi connectivity index (χ0v) is 17.7. The predicted octanol–water partition coefficient (Wildman–Crippen LogP) is 4.45. The Hall–Kier alpha value is -2.62. The Morgan fingerprint density at radius 1 is 0.767 bits per heavy atom. The summed E-state index contributed by atoms with van der Waals surface area (Å²) in [7, 11) is 0. The highest BCUT2D eigenvalue weighted by Gasteiger charge is 2.56. The minimum Gasteiger partial charge on any atom is -0.550 e. The Morgan fingerprint density at radius 2 is 1.27 bits per heavy atom. The Kier molecular flexibility index (Phi) is 8.06. The van der Waals surface area contributed by atoms with Gasteiger partial charge in [0.2, 0.25) is 0 Å². The summed E-state index contributed by atoms with van der Waals surface area (Å²) in [6, 6.07) is 18.8. The van der Waals surface area contributed by atoms with Crippen LogP contribution in [0.15, 0.2) is 60.7 Å². The molecule has 0 bridgehead atoms. The molecule has 0 saturated heterocycles. The van der Waals surface area contributed by atoms with Crippen molar-refractivity contribution in [1.82, 2.24) is 0 Å². The van der Waals surface area contributed by atoms with Gasteiger partial charge in [0, 0.05) is 23.7 Å². The third kappa shape index (κ3) is 5.10. The van der Waals surface area contributed by atoms with E-state index in [0.29, 0.717) is 6.61 Å². The van der Waals surface area contributed by atoms with E-state index in [1.54, 1.807) is 0 Å². The van der Waals surface area contributed by atoms with Crippen molar-refractivity contribution >= 4 is 11.9 Å². The fourth-order valence-electron chi connectivity index (χ4n) is 4.67. The number of hydrogen-bond acceptors (Lipinski definition) is 4. The lowest BCUT2D eigenvalue weighted by Gasteiger charge is -2.51. The Morgan fingerprint density at radius 3 is 1.77 bits per heavy atom. The van der Waals surface area contributed by atoms with Gasteiger partial charge in [-0.15, -0.1) is 0 Å². The lowest BCUT2D eigenvalue weighted by Crippen LogP contribution is -2.55. The maximum atomic E-state index is 13.1. The molecule has 2 aromatic carbocycles. The van der Waals surface area contributed by atoms with Crippen molar-refractivity contribution in [2.45, 2.75) is 57.3 Å². The summed E-state index contributed by atoms with van der Waals surface area (Å²) in [6.45, 7) is 2.58. The highest BCUT2D eigenvalue weighted by molar-refractivity contribution is 5.83. The summed E-state index contributed by atoms with van der Waals surface area (Å²) < 4.78 is 5.63. The molecule has 1 aliphatic carbocycles. The molecule has 0 heterocycles. The van der Waals surface area contributed by atoms with Crippen molar-refractivity contribution in [3.05, 3.63) is 71.8 Å². The average molecular weight is 408 g/mol. The van der Waals surface area contributed by atoms with Crippen LogP contribution in [0.4, 0.5) is 0 Å². The van der Waals surface area contributed by atoms with E-state index in [9.17, 15) is 14.7 Å². The molecule has 4 nitrogen and oxygen atoms in total. The van der Waals surface area contributed by atoms with Crippen molar-refractivity contribution in [2.75, 3.05) is 6.61 Å². The van der Waals surface area contributed by atoms with Gasteiger partial charge in [0.1, 0.15) is 0 Å². The van der Waals surface area contributed by atoms with Gasteiger partial charge in [-0.2, -0.15) is 0 Å². The summed E-state index contributed by atoms with van der Waals surface area (Å²) in [5.74, 6) is -3.54. The van der Waals surface area contributed by atoms with Gasteiger partial charge in [-0.3, -0.25) is 4.79 Å². The Balaban J connectivity index is 1.73. The second-order valence-electron chi connectivity index (χ2n) is 8.18. The van der Waals surface area contributed by atoms with Crippen LogP contribution in [0.1, 0.15) is 68.4 Å². The number of carbonyl (C=O) groups is 2. The molecular formula is C26H31O4-. The van der Waals surface area contributed by atoms with E-state index < -0.39 is 29.6 Å². The Bertz CT molecular complexity index is 755. The number of ether oxygens (including phenoxy) is 1. The third-order valence-corrected chi connectivity index (χ3v) is 6.20. The minimum absolute atomic E-state index is 0.302. The summed E-state index contributed by atoms with van der Waals surface area (Å²) >= 11 is 0. The number of carbonyl (C=O) groups excluding carboxylic acids is 2. The molecule has 0 aliphatic heterocycles. The van der Waals surface area contributed by atoms with Crippen molar-refractivity contribution in [2.24, 2.45) is 11.8 Å². The topological polar surface area (TPSA) is 66.4 Å². The molecule has 0 spiro atoms. The van der Waals surface area contributed by atoms with Crippen LogP contribution in [0, 0.1) is 11.8 Å². The van der Waals surface area contributed by atoms with Gasteiger partial charge in [0.05, 0.1) is 12.5 Å². The van der Waals surface area contributed by atoms with Crippen LogP contribution in [0.2, 0.25) is 0 Å². The number of hydrogen-bond donors (Lipinski definition) is 0. The van der Waals surface area contributed by atoms with Gasteiger partial charge in [-0.1, -0.05) is 99.7 Å². The molecule has 1 fully saturated rings. The summed E-state index contributed by atoms with van der Waals surface area (Å²) in [4.78, 5) is 25.1. The fraction of sp³-hybridized carbons (Fsp3) is 0.462. The zero-order chi connectivity index (χ0) is 21.3. The monoisotopic (exact) mass is 407 g/mol. The second kappa shape index (κ2) is 11.0. The van der Waals surface area contributed by atoms with Crippen LogP contribution < -0.4 is 5.11 Å². The standard InChI is InChI=1S/C26H32O4/c1-2-3-4-5-6-13-18-30-26(29)24-21(19-14-9-7-10-15-19)23(25(27)28)22(24)20-16-11-8-12-17-20/h7-12,14-17,21-24H,2-6,13,18H2,1H3,(H,27,28)/p-1. The van der Waals surface area contributed by atoms with Crippen molar-refractivity contribution < 1.29 is 19.4 Å². The lowest BCUT2D eigenvalue weighted by atomic mass is 9.52. The number of carboxylic acids is 1. The second-order valence-corrected chi connectivity index (χ2v) is 8.18. The van der Waals surface area contributed by atoms with Crippen LogP contribution >= 0.6 is 0 Å². The number of carboxylic acid groups (broad SMARTS) is 1. The largest absolute Gasteiger partial charge is 0.550 e. The van der Waals surface area contributed by atoms with Crippen molar-refractivity contribution in [3.63, 3.8) is 0 Å². The molecule has 2 atom stereocenters. The number of aliphatic carboxylic acids is 1. The quantitative estimate of drug-likeness (QED) is 0.408. The highest BCUT2D eigenvalue weighted by Crippen LogP contribution is 2.57. The Labute approximate surface area is 179 Å². The number of unbranched alkanes of at least 4 members (excludes halogenated alkanes) is 5. The van der Waals surface area contributed by atoms with E-state index >= 15 is 0 Å². The van der Waals surface area contributed by atoms with Crippen molar-refractivity contribution in [3.8, 4) is 0 Å². The molecule has 0 aromatic heterocycles. The van der Waals surface area contributed by atoms with E-state index in [4.69, 9.17) is 4.74 Å². The van der Waals surface area contributed by atoms with Crippen LogP contribution in [-0.4, -0.2) is 18.5 Å². The van der Waals surface area contributed by atoms with Gasteiger partial charge in [-0.25, -0.2) is 0 Å². The maximum Gasteiger partial charge on any atom is 0.310 e. The SMILES string of the molecule is CCCCCCCCOC(=O)C1C(c2ccccc2)C(C(=O)[O-])C1c1ccccc1. The van der Waals surface area contributed by atoms with Crippen LogP contribution in [0.5, 0.6) is 0 Å². The smallest absolute Gasteiger partial charge is 0.310 e. The van der Waals surface area contributed by atoms with Crippen LogP contribution in [0.3, 0.4) is 0 Å². The summed E-state index contributed by atoms with van der Waals surface area (Å²) in [5, 5.41) is 12.0. The van der Waals surface area contributed by atoms with E-state index in [1.807, 2.05) is 60.7 Å². The molecule has 4 heteroatoms. The van der Waals surface area contributed by atoms with Gasteiger partial charge in [-0.05, 0) is 17.5 Å². The average Bonchev–Trinajstić information content (AvgIpc) is 2.74. The third-order valence-electron chi connectivity index (χ3n) is 6.20. The highest BCUT2D eigenvalue weighted by atomic mass is 16.5. The zero-order valence-electron chi connectivity index (χ0n) is 17.7. The van der Waals surface area contributed by atoms with Gasteiger partial charge in [0.15, 0.2) is 0 Å². The molecule has 1 aliphatic rings. The molecule has 2 aromatic rings. The van der Waals surface area contributed by atoms with E-state index in [1.165, 1.54) is 19.3 Å². The maximum absolute atomic E-state index is 13.1. The molecule has 2 unspecified atom stereocenters. The number of rotatable bonds is 11. The van der Waals surface area contributed by atoms with E-state index in [-0.39, 0.29) is 5.97 Å². The van der Waals surface area contributed by atoms with E-state index in [0.717, 1.165) is 30.4 Å². The summed E-state index contributed by atoms with van der Waals surface area (Å²) in [5.41, 5.74) is 1.70. The normalized spacial score (nSPS) is 22.8. The summed E-state index contributed by atoms with van der Waals surface area (Å²) in [6.07, 6.45) is 6.71. The van der Waals surface area contributed by atoms with Gasteiger partial charge in [0.25, 0.3) is 0 Å². The molecule has 1 saturated carbocycles. The first-order valence-corrected chi connectivity index (χ1v) is 11.1. The molecular weight excluding hydrogens is 376 g/mol. The van der Waals surface area contributed by atoms with Gasteiger partial charge < -0.3 is 14.6 Å². The first kappa shape index (κ1) is 22.1. The van der Waals surface area contributed by atoms with Gasteiger partial charge >= 0.3 is 5.97 Å². The minimum atomic E-state index is -1.11. The van der Waals surface area contributed by atoms with E-state index in [2.05, 4.69) is 6.92 Å². The first-order valence-electron chi connectivity index (χ1n) is 11.1. The lowest BCUT2D eigenvalue weighted by molar-refractivity contribution is -0.317. The molecule has 0 amide bonds. The predicted molar refractivity (Wildman–Crippen MR) is 115 cm³/mol. The number of benzene rings is 2. The van der Waals surface area contributed by atoms with Crippen molar-refractivity contribution in [1.29, 1.82) is 0 Å². The number of esters is 1. The van der Waals surface area contributed by atoms with Crippen LogP contribution in [0.25, 0.3) is 0 Å². The molecule has 160 valence electrons. The molecule has 30 heavy (non-hydrogen) atoms. The molecule has 0 N–H and O–H groups in total.